The molecule has 4 amide bonds. The molecule has 240 valence electrons. The van der Waals surface area contributed by atoms with E-state index in [2.05, 4.69) is 16.0 Å². The number of amides is 4. The highest BCUT2D eigenvalue weighted by Gasteiger charge is 2.29. The number of carboxylic acid groups (broad SMARTS) is 1. The van der Waals surface area contributed by atoms with Gasteiger partial charge in [-0.25, -0.2) is 13.2 Å². The Labute approximate surface area is 263 Å². The number of carbonyl (C=O) groups excluding carboxylic acids is 3. The first-order chi connectivity index (χ1) is 21.3. The molecular weight excluding hydrogens is 598 g/mol. The fourth-order valence-electron chi connectivity index (χ4n) is 4.21. The van der Waals surface area contributed by atoms with E-state index < -0.39 is 53.3 Å². The zero-order chi connectivity index (χ0) is 33.0. The summed E-state index contributed by atoms with van der Waals surface area (Å²) in [4.78, 5) is 51.3. The lowest BCUT2D eigenvalue weighted by atomic mass is 10.1. The fourth-order valence-corrected chi connectivity index (χ4v) is 5.62. The second-order valence-corrected chi connectivity index (χ2v) is 12.8. The number of rotatable bonds is 15. The molecule has 12 nitrogen and oxygen atoms in total. The van der Waals surface area contributed by atoms with Crippen LogP contribution in [0.5, 0.6) is 0 Å². The third kappa shape index (κ3) is 11.0. The number of anilines is 3. The maximum Gasteiger partial charge on any atom is 0.323 e. The van der Waals surface area contributed by atoms with Crippen molar-refractivity contribution < 1.29 is 32.7 Å². The number of nitrogens with zero attached hydrogens (tertiary/aromatic N) is 2. The van der Waals surface area contributed by atoms with Gasteiger partial charge in [0.25, 0.3) is 0 Å². The predicted molar refractivity (Wildman–Crippen MR) is 172 cm³/mol. The molecule has 0 aliphatic carbocycles. The van der Waals surface area contributed by atoms with Gasteiger partial charge in [-0.1, -0.05) is 50.2 Å². The minimum Gasteiger partial charge on any atom is -0.481 e. The standard InChI is InChI=1S/C32H39N5O7S/c1-23(2)17-19-36(30(39)22-37(20-18-31(40)41)45(43,44)27-10-5-4-6-11-27)21-29(38)33-25-13-15-26(16-14-25)34-32(42)35-28-12-8-7-9-24(28)3/h4-16,23H,17-22H2,1-3H3,(H,33,38)(H,40,41)(H2,34,35,42). The lowest BCUT2D eigenvalue weighted by Gasteiger charge is -2.27. The van der Waals surface area contributed by atoms with E-state index in [1.807, 2.05) is 39.0 Å². The third-order valence-electron chi connectivity index (χ3n) is 6.75. The highest BCUT2D eigenvalue weighted by atomic mass is 32.2. The van der Waals surface area contributed by atoms with Crippen LogP contribution in [0, 0.1) is 12.8 Å². The van der Waals surface area contributed by atoms with Crippen molar-refractivity contribution in [1.82, 2.24) is 9.21 Å². The maximum absolute atomic E-state index is 13.4. The molecule has 0 bridgehead atoms. The van der Waals surface area contributed by atoms with Gasteiger partial charge in [-0.15, -0.1) is 0 Å². The van der Waals surface area contributed by atoms with Crippen molar-refractivity contribution in [2.45, 2.75) is 38.5 Å². The van der Waals surface area contributed by atoms with Crippen LogP contribution in [0.25, 0.3) is 0 Å². The van der Waals surface area contributed by atoms with Gasteiger partial charge < -0.3 is 26.0 Å². The van der Waals surface area contributed by atoms with E-state index in [1.165, 1.54) is 29.2 Å². The number of aryl methyl sites for hydroxylation is 1. The average molecular weight is 638 g/mol. The largest absolute Gasteiger partial charge is 0.481 e. The maximum atomic E-state index is 13.4. The topological polar surface area (TPSA) is 165 Å². The van der Waals surface area contributed by atoms with E-state index in [-0.39, 0.29) is 23.9 Å². The summed E-state index contributed by atoms with van der Waals surface area (Å²) in [6, 6.07) is 20.8. The Morgan fingerprint density at radius 2 is 1.38 bits per heavy atom. The molecule has 0 radical (unpaired) electrons. The van der Waals surface area contributed by atoms with Gasteiger partial charge in [0.2, 0.25) is 21.8 Å². The molecule has 0 unspecified atom stereocenters. The number of nitrogens with one attached hydrogen (secondary N) is 3. The minimum atomic E-state index is -4.18. The molecule has 3 aromatic rings. The lowest BCUT2D eigenvalue weighted by molar-refractivity contribution is -0.138. The van der Waals surface area contributed by atoms with Crippen molar-refractivity contribution >= 4 is 50.9 Å². The quantitative estimate of drug-likeness (QED) is 0.189. The molecule has 0 atom stereocenters. The zero-order valence-corrected chi connectivity index (χ0v) is 26.3. The Kier molecular flexibility index (Phi) is 12.6. The van der Waals surface area contributed by atoms with E-state index >= 15 is 0 Å². The number of carbonyl (C=O) groups is 4. The zero-order valence-electron chi connectivity index (χ0n) is 25.5. The molecule has 0 fully saturated rings. The van der Waals surface area contributed by atoms with Crippen molar-refractivity contribution in [1.29, 1.82) is 0 Å². The fraction of sp³-hybridized carbons (Fsp3) is 0.312. The van der Waals surface area contributed by atoms with Gasteiger partial charge in [0.1, 0.15) is 0 Å². The molecule has 0 spiro atoms. The SMILES string of the molecule is Cc1ccccc1NC(=O)Nc1ccc(NC(=O)CN(CCC(C)C)C(=O)CN(CCC(=O)O)S(=O)(=O)c2ccccc2)cc1. The number of sulfonamides is 1. The first-order valence-corrected chi connectivity index (χ1v) is 15.9. The molecule has 45 heavy (non-hydrogen) atoms. The molecule has 0 heterocycles. The van der Waals surface area contributed by atoms with Crippen LogP contribution < -0.4 is 16.0 Å². The molecule has 3 aromatic carbocycles. The van der Waals surface area contributed by atoms with E-state index in [0.717, 1.165) is 9.87 Å². The van der Waals surface area contributed by atoms with Crippen LogP contribution in [0.15, 0.2) is 83.8 Å². The van der Waals surface area contributed by atoms with Crippen LogP contribution in [0.3, 0.4) is 0 Å². The number of hydrogen-bond donors (Lipinski definition) is 4. The van der Waals surface area contributed by atoms with E-state index in [1.54, 1.807) is 36.4 Å². The summed E-state index contributed by atoms with van der Waals surface area (Å²) in [7, 11) is -4.18. The molecule has 4 N–H and O–H groups in total. The van der Waals surface area contributed by atoms with Crippen molar-refractivity contribution in [3.05, 3.63) is 84.4 Å². The van der Waals surface area contributed by atoms with Crippen LogP contribution >= 0.6 is 0 Å². The van der Waals surface area contributed by atoms with Gasteiger partial charge in [-0.2, -0.15) is 4.31 Å². The van der Waals surface area contributed by atoms with Crippen LogP contribution in [-0.4, -0.2) is 72.7 Å². The summed E-state index contributed by atoms with van der Waals surface area (Å²) in [5.74, 6) is -2.15. The molecular formula is C32H39N5O7S. The third-order valence-corrected chi connectivity index (χ3v) is 8.61. The van der Waals surface area contributed by atoms with Crippen LogP contribution in [-0.2, 0) is 24.4 Å². The Balaban J connectivity index is 1.66. The van der Waals surface area contributed by atoms with E-state index in [4.69, 9.17) is 0 Å². The smallest absolute Gasteiger partial charge is 0.323 e. The monoisotopic (exact) mass is 637 g/mol. The van der Waals surface area contributed by atoms with Gasteiger partial charge >= 0.3 is 12.0 Å². The normalized spacial score (nSPS) is 11.2. The van der Waals surface area contributed by atoms with E-state index in [9.17, 15) is 32.7 Å². The lowest BCUT2D eigenvalue weighted by Crippen LogP contribution is -2.46. The predicted octanol–water partition coefficient (Wildman–Crippen LogP) is 4.62. The van der Waals surface area contributed by atoms with Crippen molar-refractivity contribution in [3.63, 3.8) is 0 Å². The molecule has 0 aromatic heterocycles. The summed E-state index contributed by atoms with van der Waals surface area (Å²) in [5, 5.41) is 17.4. The molecule has 0 aliphatic heterocycles. The van der Waals surface area contributed by atoms with Crippen LogP contribution in [0.2, 0.25) is 0 Å². The number of carboxylic acids is 1. The molecule has 13 heteroatoms. The Morgan fingerprint density at radius 3 is 1.98 bits per heavy atom. The minimum absolute atomic E-state index is 0.0692. The Hall–Kier alpha value is -4.75. The highest BCUT2D eigenvalue weighted by Crippen LogP contribution is 2.18. The summed E-state index contributed by atoms with van der Waals surface area (Å²) in [6.45, 7) is 4.61. The van der Waals surface area contributed by atoms with E-state index in [0.29, 0.717) is 23.5 Å². The number of hydrogen-bond acceptors (Lipinski definition) is 6. The summed E-state index contributed by atoms with van der Waals surface area (Å²) in [5.41, 5.74) is 2.51. The van der Waals surface area contributed by atoms with Gasteiger partial charge in [-0.3, -0.25) is 14.4 Å². The van der Waals surface area contributed by atoms with Gasteiger partial charge in [0.05, 0.1) is 24.4 Å². The molecule has 0 saturated heterocycles. The van der Waals surface area contributed by atoms with Crippen LogP contribution in [0.1, 0.15) is 32.3 Å². The number of benzene rings is 3. The Morgan fingerprint density at radius 1 is 0.778 bits per heavy atom. The summed E-state index contributed by atoms with van der Waals surface area (Å²) >= 11 is 0. The second-order valence-electron chi connectivity index (χ2n) is 10.8. The van der Waals surface area contributed by atoms with Gasteiger partial charge in [0.15, 0.2) is 0 Å². The van der Waals surface area contributed by atoms with Crippen molar-refractivity contribution in [2.75, 3.05) is 42.1 Å². The highest BCUT2D eigenvalue weighted by molar-refractivity contribution is 7.89. The Bertz CT molecular complexity index is 1580. The second kappa shape index (κ2) is 16.4. The van der Waals surface area contributed by atoms with Crippen LogP contribution in [0.4, 0.5) is 21.9 Å². The number of urea groups is 1. The summed E-state index contributed by atoms with van der Waals surface area (Å²) in [6.07, 6.45) is 0.0642. The van der Waals surface area contributed by atoms with Gasteiger partial charge in [-0.05, 0) is 67.3 Å². The molecule has 0 saturated carbocycles. The molecule has 3 rings (SSSR count). The number of aliphatic carboxylic acids is 1. The first kappa shape index (κ1) is 34.7. The summed E-state index contributed by atoms with van der Waals surface area (Å²) < 4.78 is 27.4. The average Bonchev–Trinajstić information content (AvgIpc) is 2.99. The van der Waals surface area contributed by atoms with Gasteiger partial charge in [0, 0.05) is 30.2 Å². The first-order valence-electron chi connectivity index (χ1n) is 14.4. The number of para-hydroxylation sites is 1. The molecule has 0 aliphatic rings. The van der Waals surface area contributed by atoms with Crippen molar-refractivity contribution in [3.8, 4) is 0 Å². The van der Waals surface area contributed by atoms with Crippen molar-refractivity contribution in [2.24, 2.45) is 5.92 Å².